The highest BCUT2D eigenvalue weighted by Gasteiger charge is 2.45. The molecule has 0 unspecified atom stereocenters. The molecule has 0 aromatic heterocycles. The molecule has 1 saturated heterocycles. The van der Waals surface area contributed by atoms with E-state index in [0.717, 1.165) is 14.9 Å². The summed E-state index contributed by atoms with van der Waals surface area (Å²) in [5.41, 5.74) is 0.868. The van der Waals surface area contributed by atoms with Crippen molar-refractivity contribution in [1.29, 1.82) is 0 Å². The zero-order valence-electron chi connectivity index (χ0n) is 14.3. The summed E-state index contributed by atoms with van der Waals surface area (Å²) in [6, 6.07) is 6.35. The maximum Gasteiger partial charge on any atom is 0.334 e. The van der Waals surface area contributed by atoms with Gasteiger partial charge in [0, 0.05) is 11.0 Å². The van der Waals surface area contributed by atoms with E-state index in [1.54, 1.807) is 6.92 Å². The van der Waals surface area contributed by atoms with Crippen molar-refractivity contribution in [3.8, 4) is 0 Å². The van der Waals surface area contributed by atoms with E-state index in [4.69, 9.17) is 0 Å². The fourth-order valence-electron chi connectivity index (χ4n) is 2.55. The van der Waals surface area contributed by atoms with Crippen molar-refractivity contribution < 1.29 is 19.2 Å². The number of hydrogen-bond donors (Lipinski definition) is 1. The van der Waals surface area contributed by atoms with Gasteiger partial charge in [-0.25, -0.2) is 9.69 Å². The first kappa shape index (κ1) is 19.1. The van der Waals surface area contributed by atoms with Gasteiger partial charge in [-0.15, -0.1) is 0 Å². The lowest BCUT2D eigenvalue weighted by molar-refractivity contribution is -0.144. The van der Waals surface area contributed by atoms with Crippen molar-refractivity contribution in [3.05, 3.63) is 34.3 Å². The summed E-state index contributed by atoms with van der Waals surface area (Å²) >= 11 is 3.41. The molecular weight excluding hydrogens is 390 g/mol. The molecule has 1 aliphatic heterocycles. The number of rotatable bonds is 6. The van der Waals surface area contributed by atoms with Gasteiger partial charge >= 0.3 is 17.8 Å². The quantitative estimate of drug-likeness (QED) is 0.575. The van der Waals surface area contributed by atoms with Crippen LogP contribution in [0.15, 0.2) is 28.7 Å². The second kappa shape index (κ2) is 7.77. The van der Waals surface area contributed by atoms with Gasteiger partial charge in [-0.05, 0) is 24.5 Å². The van der Waals surface area contributed by atoms with Crippen molar-refractivity contribution in [2.75, 3.05) is 13.1 Å². The van der Waals surface area contributed by atoms with Crippen molar-refractivity contribution in [2.24, 2.45) is 5.92 Å². The molecule has 0 spiro atoms. The molecule has 5 amide bonds. The van der Waals surface area contributed by atoms with E-state index < -0.39 is 30.3 Å². The number of benzene rings is 1. The van der Waals surface area contributed by atoms with Gasteiger partial charge in [-0.2, -0.15) is 0 Å². The highest BCUT2D eigenvalue weighted by molar-refractivity contribution is 9.10. The first-order valence-electron chi connectivity index (χ1n) is 7.93. The van der Waals surface area contributed by atoms with Gasteiger partial charge in [-0.3, -0.25) is 19.3 Å². The standard InChI is InChI=1S/C17H20BrN3O4/c1-10(2)8-20-15(23)16(24)21(17(20)25)9-14(22)19-11(3)12-6-4-5-7-13(12)18/h4-7,10-11H,8-9H2,1-3H3,(H,19,22)/t11-/m0/s1. The van der Waals surface area contributed by atoms with Crippen LogP contribution in [0.25, 0.3) is 0 Å². The van der Waals surface area contributed by atoms with Crippen LogP contribution in [0.3, 0.4) is 0 Å². The van der Waals surface area contributed by atoms with E-state index in [0.29, 0.717) is 4.90 Å². The number of hydrogen-bond acceptors (Lipinski definition) is 4. The molecule has 1 fully saturated rings. The van der Waals surface area contributed by atoms with Crippen LogP contribution in [0.4, 0.5) is 4.79 Å². The molecule has 0 aliphatic carbocycles. The van der Waals surface area contributed by atoms with E-state index in [-0.39, 0.29) is 18.5 Å². The minimum atomic E-state index is -0.964. The van der Waals surface area contributed by atoms with Crippen molar-refractivity contribution in [2.45, 2.75) is 26.8 Å². The maximum absolute atomic E-state index is 12.2. The summed E-state index contributed by atoms with van der Waals surface area (Å²) in [6.07, 6.45) is 0. The largest absolute Gasteiger partial charge is 0.348 e. The fourth-order valence-corrected chi connectivity index (χ4v) is 3.18. The first-order valence-corrected chi connectivity index (χ1v) is 8.72. The Labute approximate surface area is 154 Å². The van der Waals surface area contributed by atoms with Gasteiger partial charge in [0.2, 0.25) is 5.91 Å². The predicted molar refractivity (Wildman–Crippen MR) is 94.4 cm³/mol. The van der Waals surface area contributed by atoms with E-state index in [1.165, 1.54) is 0 Å². The Morgan fingerprint density at radius 2 is 1.68 bits per heavy atom. The summed E-state index contributed by atoms with van der Waals surface area (Å²) < 4.78 is 0.842. The molecule has 8 heteroatoms. The highest BCUT2D eigenvalue weighted by atomic mass is 79.9. The lowest BCUT2D eigenvalue weighted by Crippen LogP contribution is -2.42. The summed E-state index contributed by atoms with van der Waals surface area (Å²) in [4.78, 5) is 49.9. The van der Waals surface area contributed by atoms with E-state index in [2.05, 4.69) is 21.2 Å². The number of urea groups is 1. The lowest BCUT2D eigenvalue weighted by Gasteiger charge is -2.19. The summed E-state index contributed by atoms with van der Waals surface area (Å²) in [7, 11) is 0. The molecule has 7 nitrogen and oxygen atoms in total. The molecule has 1 aromatic rings. The number of halogens is 1. The maximum atomic E-state index is 12.2. The Morgan fingerprint density at radius 1 is 1.08 bits per heavy atom. The van der Waals surface area contributed by atoms with Gasteiger partial charge in [0.25, 0.3) is 0 Å². The Hall–Kier alpha value is -2.22. The number of amides is 5. The molecule has 1 atom stereocenters. The van der Waals surface area contributed by atoms with E-state index in [9.17, 15) is 19.2 Å². The molecule has 1 N–H and O–H groups in total. The van der Waals surface area contributed by atoms with Crippen LogP contribution in [0.5, 0.6) is 0 Å². The molecule has 1 aliphatic rings. The average molecular weight is 410 g/mol. The molecule has 2 rings (SSSR count). The third kappa shape index (κ3) is 4.25. The van der Waals surface area contributed by atoms with Crippen LogP contribution in [0, 0.1) is 5.92 Å². The molecule has 1 heterocycles. The highest BCUT2D eigenvalue weighted by Crippen LogP contribution is 2.22. The smallest absolute Gasteiger partial charge is 0.334 e. The van der Waals surface area contributed by atoms with Crippen LogP contribution in [-0.4, -0.2) is 46.6 Å². The number of carbonyl (C=O) groups excluding carboxylic acids is 4. The molecule has 0 saturated carbocycles. The van der Waals surface area contributed by atoms with Crippen LogP contribution in [-0.2, 0) is 14.4 Å². The summed E-state index contributed by atoms with van der Waals surface area (Å²) in [5, 5.41) is 2.73. The predicted octanol–water partition coefficient (Wildman–Crippen LogP) is 2.07. The normalized spacial score (nSPS) is 16.0. The Kier molecular flexibility index (Phi) is 5.94. The van der Waals surface area contributed by atoms with Crippen LogP contribution >= 0.6 is 15.9 Å². The van der Waals surface area contributed by atoms with Crippen molar-refractivity contribution in [1.82, 2.24) is 15.1 Å². The summed E-state index contributed by atoms with van der Waals surface area (Å²) in [6.45, 7) is 5.13. The van der Waals surface area contributed by atoms with E-state index in [1.807, 2.05) is 38.1 Å². The van der Waals surface area contributed by atoms with Gasteiger partial charge in [-0.1, -0.05) is 48.0 Å². The van der Waals surface area contributed by atoms with Crippen molar-refractivity contribution >= 4 is 39.7 Å². The van der Waals surface area contributed by atoms with Crippen molar-refractivity contribution in [3.63, 3.8) is 0 Å². The molecule has 25 heavy (non-hydrogen) atoms. The topological polar surface area (TPSA) is 86.8 Å². The molecule has 0 radical (unpaired) electrons. The molecule has 0 bridgehead atoms. The molecular formula is C17H20BrN3O4. The SMILES string of the molecule is CC(C)CN1C(=O)C(=O)N(CC(=O)N[C@@H](C)c2ccccc2Br)C1=O. The first-order chi connectivity index (χ1) is 11.7. The second-order valence-corrected chi connectivity index (χ2v) is 7.15. The Bertz CT molecular complexity index is 720. The third-order valence-corrected chi connectivity index (χ3v) is 4.46. The van der Waals surface area contributed by atoms with Crippen LogP contribution in [0.1, 0.15) is 32.4 Å². The van der Waals surface area contributed by atoms with E-state index >= 15 is 0 Å². The minimum Gasteiger partial charge on any atom is -0.348 e. The number of imide groups is 2. The van der Waals surface area contributed by atoms with Gasteiger partial charge in [0.15, 0.2) is 0 Å². The average Bonchev–Trinajstić information content (AvgIpc) is 2.72. The number of carbonyl (C=O) groups is 4. The molecule has 134 valence electrons. The minimum absolute atomic E-state index is 0.0323. The molecule has 1 aromatic carbocycles. The van der Waals surface area contributed by atoms with Gasteiger partial charge in [0.1, 0.15) is 6.54 Å². The number of nitrogens with one attached hydrogen (secondary N) is 1. The Balaban J connectivity index is 2.03. The lowest BCUT2D eigenvalue weighted by atomic mass is 10.1. The zero-order valence-corrected chi connectivity index (χ0v) is 15.9. The zero-order chi connectivity index (χ0) is 18.7. The fraction of sp³-hybridized carbons (Fsp3) is 0.412. The Morgan fingerprint density at radius 3 is 2.28 bits per heavy atom. The van der Waals surface area contributed by atoms with Gasteiger partial charge < -0.3 is 5.32 Å². The third-order valence-electron chi connectivity index (χ3n) is 3.73. The second-order valence-electron chi connectivity index (χ2n) is 6.29. The monoisotopic (exact) mass is 409 g/mol. The summed E-state index contributed by atoms with van der Waals surface area (Å²) in [5.74, 6) is -2.33. The number of nitrogens with zero attached hydrogens (tertiary/aromatic N) is 2. The van der Waals surface area contributed by atoms with Gasteiger partial charge in [0.05, 0.1) is 6.04 Å². The van der Waals surface area contributed by atoms with Crippen LogP contribution in [0.2, 0.25) is 0 Å². The van der Waals surface area contributed by atoms with Crippen LogP contribution < -0.4 is 5.32 Å².